The number of methoxy groups -OCH3 is 1. The van der Waals surface area contributed by atoms with E-state index in [-0.39, 0.29) is 5.97 Å². The maximum atomic E-state index is 12.5. The van der Waals surface area contributed by atoms with Gasteiger partial charge in [0.25, 0.3) is 0 Å². The number of benzene rings is 1. The molecular weight excluding hydrogens is 344 g/mol. The van der Waals surface area contributed by atoms with Gasteiger partial charge in [-0.3, -0.25) is 0 Å². The monoisotopic (exact) mass is 367 g/mol. The summed E-state index contributed by atoms with van der Waals surface area (Å²) in [4.78, 5) is 20.3. The first-order valence-electron chi connectivity index (χ1n) is 9.03. The van der Waals surface area contributed by atoms with E-state index in [1.807, 2.05) is 42.5 Å². The summed E-state index contributed by atoms with van der Waals surface area (Å²) in [5.41, 5.74) is 3.39. The highest BCUT2D eigenvalue weighted by Gasteiger charge is 2.33. The van der Waals surface area contributed by atoms with Gasteiger partial charge in [0.05, 0.1) is 29.6 Å². The van der Waals surface area contributed by atoms with Crippen LogP contribution in [0.1, 0.15) is 45.4 Å². The lowest BCUT2D eigenvalue weighted by Crippen LogP contribution is -3.09. The summed E-state index contributed by atoms with van der Waals surface area (Å²) in [6, 6.07) is 12.8. The molecule has 1 aromatic carbocycles. The number of fused-ring (bicyclic) bond motifs is 1. The molecule has 2 aromatic heterocycles. The van der Waals surface area contributed by atoms with Gasteiger partial charge in [0.15, 0.2) is 0 Å². The van der Waals surface area contributed by atoms with Crippen molar-refractivity contribution in [1.82, 2.24) is 4.98 Å². The normalized spacial score (nSPS) is 19.8. The van der Waals surface area contributed by atoms with Gasteiger partial charge in [-0.2, -0.15) is 0 Å². The second-order valence-electron chi connectivity index (χ2n) is 6.86. The topological polar surface area (TPSA) is 43.6 Å². The summed E-state index contributed by atoms with van der Waals surface area (Å²) in [6.07, 6.45) is 2.40. The fourth-order valence-corrected chi connectivity index (χ4v) is 5.03. The lowest BCUT2D eigenvalue weighted by molar-refractivity contribution is -0.932. The van der Waals surface area contributed by atoms with E-state index in [0.29, 0.717) is 11.6 Å². The summed E-state index contributed by atoms with van der Waals surface area (Å²) in [6.45, 7) is 3.85. The number of hydrogen-bond acceptors (Lipinski definition) is 4. The molecular formula is C21H23N2O2S+. The molecule has 4 nitrogen and oxygen atoms in total. The highest BCUT2D eigenvalue weighted by Crippen LogP contribution is 2.26. The Labute approximate surface area is 157 Å². The first-order chi connectivity index (χ1) is 12.7. The van der Waals surface area contributed by atoms with E-state index in [9.17, 15) is 4.79 Å². The number of carbonyl (C=O) groups is 1. The number of pyridine rings is 1. The maximum Gasteiger partial charge on any atom is 0.340 e. The van der Waals surface area contributed by atoms with Crippen molar-refractivity contribution in [1.29, 1.82) is 0 Å². The van der Waals surface area contributed by atoms with E-state index >= 15 is 0 Å². The molecule has 1 saturated heterocycles. The molecule has 1 aliphatic rings. The summed E-state index contributed by atoms with van der Waals surface area (Å²) >= 11 is 1.82. The molecule has 26 heavy (non-hydrogen) atoms. The average Bonchev–Trinajstić information content (AvgIpc) is 3.33. The number of aromatic nitrogens is 1. The molecule has 0 saturated carbocycles. The summed E-state index contributed by atoms with van der Waals surface area (Å²) < 4.78 is 5.08. The number of hydrogen-bond donors (Lipinski definition) is 1. The predicted molar refractivity (Wildman–Crippen MR) is 104 cm³/mol. The van der Waals surface area contributed by atoms with Crippen LogP contribution in [0.3, 0.4) is 0 Å². The first kappa shape index (κ1) is 17.2. The van der Waals surface area contributed by atoms with Gasteiger partial charge in [0, 0.05) is 18.2 Å². The predicted octanol–water partition coefficient (Wildman–Crippen LogP) is 3.31. The van der Waals surface area contributed by atoms with Gasteiger partial charge >= 0.3 is 5.97 Å². The molecule has 5 heteroatoms. The molecule has 1 aliphatic heterocycles. The largest absolute Gasteiger partial charge is 0.465 e. The third kappa shape index (κ3) is 3.02. The van der Waals surface area contributed by atoms with E-state index in [0.717, 1.165) is 35.2 Å². The van der Waals surface area contributed by atoms with Crippen LogP contribution in [0.15, 0.2) is 41.8 Å². The molecule has 2 atom stereocenters. The Morgan fingerprint density at radius 2 is 2.15 bits per heavy atom. The Balaban J connectivity index is 1.76. The molecule has 3 heterocycles. The van der Waals surface area contributed by atoms with E-state index in [1.54, 1.807) is 0 Å². The highest BCUT2D eigenvalue weighted by molar-refractivity contribution is 7.10. The zero-order valence-electron chi connectivity index (χ0n) is 15.1. The second-order valence-corrected chi connectivity index (χ2v) is 7.84. The molecule has 1 unspecified atom stereocenters. The number of rotatable bonds is 4. The molecule has 0 bridgehead atoms. The molecule has 1 fully saturated rings. The Kier molecular flexibility index (Phi) is 4.74. The van der Waals surface area contributed by atoms with Crippen molar-refractivity contribution in [3.8, 4) is 0 Å². The average molecular weight is 367 g/mol. The molecule has 134 valence electrons. The number of aryl methyl sites for hydroxylation is 1. The van der Waals surface area contributed by atoms with Crippen LogP contribution >= 0.6 is 11.3 Å². The van der Waals surface area contributed by atoms with Crippen LogP contribution in [0.25, 0.3) is 10.9 Å². The van der Waals surface area contributed by atoms with Gasteiger partial charge in [-0.1, -0.05) is 24.3 Å². The fourth-order valence-electron chi connectivity index (χ4n) is 4.11. The fraction of sp³-hybridized carbons (Fsp3) is 0.333. The van der Waals surface area contributed by atoms with Crippen molar-refractivity contribution in [2.45, 2.75) is 32.4 Å². The van der Waals surface area contributed by atoms with Crippen molar-refractivity contribution in [3.63, 3.8) is 0 Å². The van der Waals surface area contributed by atoms with Crippen LogP contribution in [0.2, 0.25) is 0 Å². The molecule has 0 spiro atoms. The second kappa shape index (κ2) is 7.17. The Morgan fingerprint density at radius 1 is 1.31 bits per heavy atom. The van der Waals surface area contributed by atoms with E-state index < -0.39 is 0 Å². The van der Waals surface area contributed by atoms with Crippen LogP contribution in [-0.4, -0.2) is 24.6 Å². The summed E-state index contributed by atoms with van der Waals surface area (Å²) in [7, 11) is 1.44. The first-order valence-corrected chi connectivity index (χ1v) is 9.91. The minimum Gasteiger partial charge on any atom is -0.465 e. The number of ether oxygens (including phenoxy) is 1. The van der Waals surface area contributed by atoms with Gasteiger partial charge in [-0.05, 0) is 30.0 Å². The highest BCUT2D eigenvalue weighted by atomic mass is 32.1. The molecule has 0 aliphatic carbocycles. The third-order valence-corrected chi connectivity index (χ3v) is 6.37. The van der Waals surface area contributed by atoms with Gasteiger partial charge in [0.1, 0.15) is 18.3 Å². The number of nitrogens with zero attached hydrogens (tertiary/aromatic N) is 1. The smallest absolute Gasteiger partial charge is 0.340 e. The minimum atomic E-state index is -0.290. The maximum absolute atomic E-state index is 12.5. The van der Waals surface area contributed by atoms with Gasteiger partial charge in [-0.15, -0.1) is 11.3 Å². The van der Waals surface area contributed by atoms with Crippen molar-refractivity contribution in [3.05, 3.63) is 63.5 Å². The zero-order chi connectivity index (χ0) is 18.1. The molecule has 3 aromatic rings. The van der Waals surface area contributed by atoms with Gasteiger partial charge in [-0.25, -0.2) is 9.78 Å². The number of thiophene rings is 1. The third-order valence-electron chi connectivity index (χ3n) is 5.38. The number of likely N-dealkylation sites (tertiary alicyclic amines) is 1. The Hall–Kier alpha value is -2.24. The zero-order valence-corrected chi connectivity index (χ0v) is 15.9. The molecule has 0 amide bonds. The van der Waals surface area contributed by atoms with Crippen LogP contribution < -0.4 is 4.90 Å². The van der Waals surface area contributed by atoms with Crippen LogP contribution in [-0.2, 0) is 11.3 Å². The standard InChI is InChI=1S/C21H22N2O2S/c1-14-15-7-3-4-8-16(15)22-17(20(14)21(24)25-2)13-23-11-5-9-18(23)19-10-6-12-26-19/h3-4,6-8,10,12,18H,5,9,11,13H2,1-2H3/p+1/t18-/m1/s1. The summed E-state index contributed by atoms with van der Waals surface area (Å²) in [5, 5.41) is 3.16. The Bertz CT molecular complexity index is 937. The van der Waals surface area contributed by atoms with E-state index in [1.165, 1.54) is 29.7 Å². The van der Waals surface area contributed by atoms with Crippen molar-refractivity contribution >= 4 is 28.2 Å². The number of para-hydroxylation sites is 1. The van der Waals surface area contributed by atoms with Gasteiger partial charge in [0.2, 0.25) is 0 Å². The van der Waals surface area contributed by atoms with Crippen LogP contribution in [0, 0.1) is 6.92 Å². The lowest BCUT2D eigenvalue weighted by Gasteiger charge is -2.22. The SMILES string of the molecule is COC(=O)c1c(C[NH+]2CCC[C@@H]2c2cccs2)nc2ccccc2c1C. The van der Waals surface area contributed by atoms with Crippen molar-refractivity contribution in [2.24, 2.45) is 0 Å². The van der Waals surface area contributed by atoms with Crippen molar-refractivity contribution < 1.29 is 14.4 Å². The van der Waals surface area contributed by atoms with Crippen molar-refractivity contribution in [2.75, 3.05) is 13.7 Å². The number of nitrogens with one attached hydrogen (secondary N) is 1. The number of quaternary nitrogens is 1. The molecule has 0 radical (unpaired) electrons. The quantitative estimate of drug-likeness (QED) is 0.720. The Morgan fingerprint density at radius 3 is 2.92 bits per heavy atom. The lowest BCUT2D eigenvalue weighted by atomic mass is 10.0. The van der Waals surface area contributed by atoms with E-state index in [2.05, 4.69) is 17.5 Å². The van der Waals surface area contributed by atoms with Gasteiger partial charge < -0.3 is 9.64 Å². The minimum absolute atomic E-state index is 0.290. The van der Waals surface area contributed by atoms with Crippen LogP contribution in [0.5, 0.6) is 0 Å². The number of esters is 1. The summed E-state index contributed by atoms with van der Waals surface area (Å²) in [5.74, 6) is -0.290. The van der Waals surface area contributed by atoms with Crippen LogP contribution in [0.4, 0.5) is 0 Å². The molecule has 4 rings (SSSR count). The number of carbonyl (C=O) groups excluding carboxylic acids is 1. The van der Waals surface area contributed by atoms with E-state index in [4.69, 9.17) is 9.72 Å². The molecule has 1 N–H and O–H groups in total.